The van der Waals surface area contributed by atoms with Gasteiger partial charge in [-0.15, -0.1) is 0 Å². The van der Waals surface area contributed by atoms with E-state index in [1.807, 2.05) is 30.1 Å². The van der Waals surface area contributed by atoms with Crippen LogP contribution in [0, 0.1) is 0 Å². The van der Waals surface area contributed by atoms with E-state index in [1.165, 1.54) is 17.5 Å². The molecule has 1 unspecified atom stereocenters. The molecule has 0 saturated carbocycles. The molecule has 154 valence electrons. The number of hydrogen-bond donors (Lipinski definition) is 1. The van der Waals surface area contributed by atoms with Crippen molar-refractivity contribution in [1.29, 1.82) is 0 Å². The summed E-state index contributed by atoms with van der Waals surface area (Å²) in [7, 11) is 3.30. The summed E-state index contributed by atoms with van der Waals surface area (Å²) in [6, 6.07) is 14.2. The summed E-state index contributed by atoms with van der Waals surface area (Å²) >= 11 is 4.36. The largest absolute Gasteiger partial charge is 0.495 e. The number of aromatic nitrogens is 1. The van der Waals surface area contributed by atoms with Crippen LogP contribution in [0.1, 0.15) is 30.4 Å². The summed E-state index contributed by atoms with van der Waals surface area (Å²) in [6.45, 7) is 2.22. The second-order valence-electron chi connectivity index (χ2n) is 6.43. The van der Waals surface area contributed by atoms with Crippen molar-refractivity contribution in [3.8, 4) is 22.8 Å². The summed E-state index contributed by atoms with van der Waals surface area (Å²) in [4.78, 5) is 0.877. The van der Waals surface area contributed by atoms with Crippen LogP contribution in [0.4, 0.5) is 5.82 Å². The van der Waals surface area contributed by atoms with Crippen LogP contribution in [0.25, 0.3) is 11.3 Å². The Bertz CT molecular complexity index is 939. The molecule has 0 spiro atoms. The molecular formula is C22H25BrN2O3S. The topological polar surface area (TPSA) is 56.5 Å². The maximum absolute atomic E-state index is 5.72. The molecule has 7 heteroatoms. The molecule has 1 aliphatic carbocycles. The molecule has 29 heavy (non-hydrogen) atoms. The number of methoxy groups -OCH3 is 2. The molecule has 1 atom stereocenters. The van der Waals surface area contributed by atoms with Gasteiger partial charge in [0.1, 0.15) is 16.4 Å². The van der Waals surface area contributed by atoms with Gasteiger partial charge < -0.3 is 18.7 Å². The molecule has 5 nitrogen and oxygen atoms in total. The molecule has 1 N–H and O–H groups in total. The number of ether oxygens (including phenoxy) is 2. The van der Waals surface area contributed by atoms with Gasteiger partial charge in [-0.3, -0.25) is 0 Å². The van der Waals surface area contributed by atoms with E-state index in [2.05, 4.69) is 50.9 Å². The molecule has 0 bridgehead atoms. The number of halogens is 1. The zero-order chi connectivity index (χ0) is 20.8. The fourth-order valence-electron chi connectivity index (χ4n) is 3.59. The lowest BCUT2D eigenvalue weighted by molar-refractivity contribution is 0.376. The van der Waals surface area contributed by atoms with Crippen LogP contribution in [0.3, 0.4) is 0 Å². The van der Waals surface area contributed by atoms with Crippen LogP contribution in [0.2, 0.25) is 0 Å². The lowest BCUT2D eigenvalue weighted by Crippen LogP contribution is -2.10. The number of alkyl halides is 1. The van der Waals surface area contributed by atoms with Crippen LogP contribution in [-0.4, -0.2) is 25.2 Å². The van der Waals surface area contributed by atoms with E-state index in [1.54, 1.807) is 14.2 Å². The summed E-state index contributed by atoms with van der Waals surface area (Å²) in [6.07, 6.45) is 1.99. The van der Waals surface area contributed by atoms with Gasteiger partial charge in [0.05, 0.1) is 14.2 Å². The Morgan fingerprint density at radius 1 is 1.10 bits per heavy atom. The van der Waals surface area contributed by atoms with E-state index in [0.29, 0.717) is 5.92 Å². The van der Waals surface area contributed by atoms with Crippen molar-refractivity contribution in [2.75, 3.05) is 24.8 Å². The van der Waals surface area contributed by atoms with Gasteiger partial charge in [0.2, 0.25) is 0 Å². The minimum absolute atomic E-state index is 0.472. The highest BCUT2D eigenvalue weighted by atomic mass is 79.9. The van der Waals surface area contributed by atoms with Crippen LogP contribution in [0.5, 0.6) is 11.5 Å². The first-order valence-corrected chi connectivity index (χ1v) is 11.8. The Morgan fingerprint density at radius 3 is 2.45 bits per heavy atom. The van der Waals surface area contributed by atoms with Gasteiger partial charge in [-0.05, 0) is 54.2 Å². The Kier molecular flexibility index (Phi) is 7.50. The zero-order valence-corrected chi connectivity index (χ0v) is 19.4. The minimum Gasteiger partial charge on any atom is -0.495 e. The third-order valence-electron chi connectivity index (χ3n) is 5.01. The van der Waals surface area contributed by atoms with Gasteiger partial charge in [-0.2, -0.15) is 0 Å². The van der Waals surface area contributed by atoms with Crippen LogP contribution in [-0.2, 0) is 6.42 Å². The summed E-state index contributed by atoms with van der Waals surface area (Å²) in [5, 5.41) is 4.30. The van der Waals surface area contributed by atoms with Gasteiger partial charge in [0.25, 0.3) is 0 Å². The van der Waals surface area contributed by atoms with Gasteiger partial charge >= 0.3 is 0 Å². The number of rotatable bonds is 6. The Hall–Kier alpha value is -2.12. The molecule has 2 aromatic carbocycles. The molecule has 1 heterocycles. The zero-order valence-electron chi connectivity index (χ0n) is 17.0. The summed E-state index contributed by atoms with van der Waals surface area (Å²) in [5.74, 6) is 5.41. The van der Waals surface area contributed by atoms with Crippen molar-refractivity contribution in [2.24, 2.45) is 0 Å². The highest BCUT2D eigenvalue weighted by molar-refractivity contribution is 9.08. The normalized spacial score (nSPS) is 14.2. The second-order valence-corrected chi connectivity index (χ2v) is 7.25. The van der Waals surface area contributed by atoms with E-state index >= 15 is 0 Å². The first kappa shape index (κ1) is 21.6. The van der Waals surface area contributed by atoms with E-state index in [9.17, 15) is 0 Å². The second kappa shape index (κ2) is 10.1. The van der Waals surface area contributed by atoms with Crippen LogP contribution in [0.15, 0.2) is 51.9 Å². The van der Waals surface area contributed by atoms with Gasteiger partial charge in [0, 0.05) is 11.1 Å². The van der Waals surface area contributed by atoms with Crippen molar-refractivity contribution in [3.05, 3.63) is 53.6 Å². The van der Waals surface area contributed by atoms with Crippen molar-refractivity contribution < 1.29 is 14.0 Å². The first-order chi connectivity index (χ1) is 14.3. The molecule has 0 saturated heterocycles. The highest BCUT2D eigenvalue weighted by Crippen LogP contribution is 2.45. The van der Waals surface area contributed by atoms with Crippen LogP contribution >= 0.6 is 27.9 Å². The van der Waals surface area contributed by atoms with Gasteiger partial charge in [0.15, 0.2) is 11.6 Å². The first-order valence-electron chi connectivity index (χ1n) is 9.36. The Balaban J connectivity index is 0.00000117. The van der Waals surface area contributed by atoms with Crippen molar-refractivity contribution in [2.45, 2.75) is 30.6 Å². The predicted molar refractivity (Wildman–Crippen MR) is 123 cm³/mol. The Labute approximate surface area is 184 Å². The molecule has 0 fully saturated rings. The van der Waals surface area contributed by atoms with Gasteiger partial charge in [-0.1, -0.05) is 58.3 Å². The molecule has 3 aromatic rings. The number of hydrogen-bond acceptors (Lipinski definition) is 6. The van der Waals surface area contributed by atoms with E-state index in [-0.39, 0.29) is 0 Å². The molecule has 0 amide bonds. The average Bonchev–Trinajstić information content (AvgIpc) is 3.21. The Morgan fingerprint density at radius 2 is 1.79 bits per heavy atom. The van der Waals surface area contributed by atoms with Gasteiger partial charge in [-0.25, -0.2) is 0 Å². The third-order valence-corrected chi connectivity index (χ3v) is 5.91. The average molecular weight is 477 g/mol. The number of nitrogens with one attached hydrogen (secondary N) is 1. The molecule has 1 aliphatic rings. The summed E-state index contributed by atoms with van der Waals surface area (Å²) in [5.41, 5.74) is 3.61. The highest BCUT2D eigenvalue weighted by Gasteiger charge is 2.30. The molecule has 4 rings (SSSR count). The van der Waals surface area contributed by atoms with Crippen molar-refractivity contribution in [3.63, 3.8) is 0 Å². The maximum atomic E-state index is 5.72. The SMILES string of the molecule is CBr.CCC1Cc2c(NSc3c(OC)cccc3OC)noc2-c2ccccc21. The standard InChI is InChI=1S/C21H22N2O3S.CH3Br/c1-4-13-12-16-19(15-9-6-5-8-14(13)15)26-22-21(16)23-27-20-17(24-2)10-7-11-18(20)25-3;1-2/h5-11,13H,4,12H2,1-3H3,(H,22,23);1H3. The predicted octanol–water partition coefficient (Wildman–Crippen LogP) is 6.54. The minimum atomic E-state index is 0.472. The molecular weight excluding hydrogens is 452 g/mol. The quantitative estimate of drug-likeness (QED) is 0.322. The summed E-state index contributed by atoms with van der Waals surface area (Å²) < 4.78 is 20.0. The molecule has 0 aliphatic heterocycles. The van der Waals surface area contributed by atoms with E-state index in [4.69, 9.17) is 14.0 Å². The van der Waals surface area contributed by atoms with Crippen molar-refractivity contribution in [1.82, 2.24) is 5.16 Å². The number of anilines is 1. The lowest BCUT2D eigenvalue weighted by atomic mass is 9.81. The monoisotopic (exact) mass is 476 g/mol. The smallest absolute Gasteiger partial charge is 0.183 e. The number of benzene rings is 2. The number of fused-ring (bicyclic) bond motifs is 3. The fourth-order valence-corrected chi connectivity index (χ4v) is 4.45. The third kappa shape index (κ3) is 4.26. The van der Waals surface area contributed by atoms with Crippen molar-refractivity contribution >= 4 is 33.7 Å². The van der Waals surface area contributed by atoms with Crippen LogP contribution < -0.4 is 14.2 Å². The fraction of sp³-hybridized carbons (Fsp3) is 0.318. The molecule has 1 aromatic heterocycles. The number of nitrogens with zero attached hydrogens (tertiary/aromatic N) is 1. The lowest BCUT2D eigenvalue weighted by Gasteiger charge is -2.23. The molecule has 0 radical (unpaired) electrons. The maximum Gasteiger partial charge on any atom is 0.183 e. The van der Waals surface area contributed by atoms with E-state index < -0.39 is 0 Å². The van der Waals surface area contributed by atoms with E-state index in [0.717, 1.165) is 51.9 Å².